The fourth-order valence-corrected chi connectivity index (χ4v) is 2.91. The summed E-state index contributed by atoms with van der Waals surface area (Å²) in [5.41, 5.74) is 4.33. The van der Waals surface area contributed by atoms with Crippen LogP contribution in [-0.2, 0) is 4.74 Å². The predicted molar refractivity (Wildman–Crippen MR) is 88.4 cm³/mol. The number of morpholine rings is 1. The van der Waals surface area contributed by atoms with Crippen molar-refractivity contribution in [1.29, 1.82) is 0 Å². The third-order valence-electron chi connectivity index (χ3n) is 4.24. The van der Waals surface area contributed by atoms with E-state index < -0.39 is 0 Å². The van der Waals surface area contributed by atoms with Crippen molar-refractivity contribution >= 4 is 17.3 Å². The van der Waals surface area contributed by atoms with E-state index >= 15 is 0 Å². The normalized spacial score (nSPS) is 20.2. The zero-order chi connectivity index (χ0) is 15.0. The molecule has 3 rings (SSSR count). The summed E-state index contributed by atoms with van der Waals surface area (Å²) in [7, 11) is 0. The van der Waals surface area contributed by atoms with E-state index in [0.717, 1.165) is 45.0 Å². The first-order chi connectivity index (χ1) is 10.9. The summed E-state index contributed by atoms with van der Waals surface area (Å²) in [5.74, 6) is 1.62. The van der Waals surface area contributed by atoms with Gasteiger partial charge in [-0.25, -0.2) is 0 Å². The Kier molecular flexibility index (Phi) is 5.59. The summed E-state index contributed by atoms with van der Waals surface area (Å²) in [4.78, 5) is 2.20. The topological polar surface area (TPSA) is 62.6 Å². The first-order valence-electron chi connectivity index (χ1n) is 8.40. The molecule has 6 heteroatoms. The molecule has 2 fully saturated rings. The van der Waals surface area contributed by atoms with E-state index in [-0.39, 0.29) is 0 Å². The second kappa shape index (κ2) is 8.08. The van der Waals surface area contributed by atoms with E-state index in [1.807, 2.05) is 12.1 Å². The van der Waals surface area contributed by atoms with Crippen LogP contribution < -0.4 is 10.3 Å². The van der Waals surface area contributed by atoms with Gasteiger partial charge >= 0.3 is 0 Å². The van der Waals surface area contributed by atoms with Crippen LogP contribution in [0.15, 0.2) is 17.2 Å². The molecule has 1 saturated carbocycles. The molecule has 0 bridgehead atoms. The van der Waals surface area contributed by atoms with Crippen molar-refractivity contribution in [3.8, 4) is 0 Å². The average Bonchev–Trinajstić information content (AvgIpc) is 2.55. The lowest BCUT2D eigenvalue weighted by molar-refractivity contribution is 0.122. The first-order valence-corrected chi connectivity index (χ1v) is 8.40. The third kappa shape index (κ3) is 4.40. The van der Waals surface area contributed by atoms with Crippen molar-refractivity contribution in [2.75, 3.05) is 36.6 Å². The summed E-state index contributed by atoms with van der Waals surface area (Å²) >= 11 is 0. The first kappa shape index (κ1) is 15.2. The number of hydrogen-bond acceptors (Lipinski definition) is 6. The molecule has 1 saturated heterocycles. The average molecular weight is 303 g/mol. The molecule has 0 spiro atoms. The Morgan fingerprint density at radius 2 is 1.68 bits per heavy atom. The standard InChI is InChI=1S/C16H25N5O/c1-2-4-6-14(7-5-3-1)17-18-15-8-9-16(20-19-15)21-10-12-22-13-11-21/h8-9H,1-7,10-13H2,(H,18,19). The number of nitrogens with zero attached hydrogens (tertiary/aromatic N) is 4. The highest BCUT2D eigenvalue weighted by Crippen LogP contribution is 2.16. The van der Waals surface area contributed by atoms with Crippen LogP contribution in [0.25, 0.3) is 0 Å². The van der Waals surface area contributed by atoms with E-state index in [2.05, 4.69) is 25.6 Å². The van der Waals surface area contributed by atoms with Gasteiger partial charge in [-0.2, -0.15) is 5.10 Å². The summed E-state index contributed by atoms with van der Waals surface area (Å²) in [5, 5.41) is 13.0. The Hall–Kier alpha value is -1.69. The van der Waals surface area contributed by atoms with Crippen molar-refractivity contribution < 1.29 is 4.74 Å². The number of ether oxygens (including phenoxy) is 1. The zero-order valence-corrected chi connectivity index (χ0v) is 13.1. The minimum atomic E-state index is 0.714. The number of nitrogens with one attached hydrogen (secondary N) is 1. The molecule has 0 atom stereocenters. The number of hydrogen-bond donors (Lipinski definition) is 1. The Bertz CT molecular complexity index is 472. The van der Waals surface area contributed by atoms with Gasteiger partial charge in [0.1, 0.15) is 0 Å². The van der Waals surface area contributed by atoms with Gasteiger partial charge in [-0.1, -0.05) is 19.3 Å². The van der Waals surface area contributed by atoms with Crippen LogP contribution in [0, 0.1) is 0 Å². The van der Waals surface area contributed by atoms with E-state index in [1.165, 1.54) is 37.8 Å². The molecule has 1 aliphatic carbocycles. The van der Waals surface area contributed by atoms with E-state index in [9.17, 15) is 0 Å². The highest BCUT2D eigenvalue weighted by Gasteiger charge is 2.12. The lowest BCUT2D eigenvalue weighted by Gasteiger charge is -2.27. The molecule has 1 aromatic heterocycles. The predicted octanol–water partition coefficient (Wildman–Crippen LogP) is 2.83. The van der Waals surface area contributed by atoms with Gasteiger partial charge in [-0.3, -0.25) is 5.43 Å². The molecule has 2 heterocycles. The van der Waals surface area contributed by atoms with Crippen LogP contribution in [0.2, 0.25) is 0 Å². The van der Waals surface area contributed by atoms with Crippen LogP contribution in [0.5, 0.6) is 0 Å². The van der Waals surface area contributed by atoms with Gasteiger partial charge in [0.2, 0.25) is 0 Å². The number of anilines is 2. The highest BCUT2D eigenvalue weighted by molar-refractivity contribution is 5.85. The second-order valence-corrected chi connectivity index (χ2v) is 5.93. The van der Waals surface area contributed by atoms with Crippen molar-refractivity contribution in [2.45, 2.75) is 44.9 Å². The van der Waals surface area contributed by atoms with Gasteiger partial charge in [-0.05, 0) is 37.8 Å². The molecule has 6 nitrogen and oxygen atoms in total. The maximum Gasteiger partial charge on any atom is 0.168 e. The lowest BCUT2D eigenvalue weighted by atomic mass is 9.99. The quantitative estimate of drug-likeness (QED) is 0.870. The van der Waals surface area contributed by atoms with Gasteiger partial charge in [0.15, 0.2) is 11.6 Å². The SMILES string of the molecule is c1cc(N2CCOCC2)nnc1NN=C1CCCCCCC1. The fraction of sp³-hybridized carbons (Fsp3) is 0.688. The van der Waals surface area contributed by atoms with Crippen LogP contribution in [-0.4, -0.2) is 42.2 Å². The van der Waals surface area contributed by atoms with Crippen molar-refractivity contribution in [2.24, 2.45) is 5.10 Å². The summed E-state index contributed by atoms with van der Waals surface area (Å²) in [6, 6.07) is 3.95. The number of hydrazone groups is 1. The lowest BCUT2D eigenvalue weighted by Crippen LogP contribution is -2.36. The van der Waals surface area contributed by atoms with Crippen LogP contribution in [0.3, 0.4) is 0 Å². The Morgan fingerprint density at radius 1 is 0.955 bits per heavy atom. The minimum Gasteiger partial charge on any atom is -0.378 e. The maximum atomic E-state index is 5.35. The Labute approximate surface area is 131 Å². The van der Waals surface area contributed by atoms with E-state index in [4.69, 9.17) is 4.74 Å². The largest absolute Gasteiger partial charge is 0.378 e. The van der Waals surface area contributed by atoms with E-state index in [1.54, 1.807) is 0 Å². The van der Waals surface area contributed by atoms with Gasteiger partial charge in [0, 0.05) is 18.8 Å². The van der Waals surface area contributed by atoms with Gasteiger partial charge in [0.05, 0.1) is 13.2 Å². The summed E-state index contributed by atoms with van der Waals surface area (Å²) in [6.45, 7) is 3.28. The van der Waals surface area contributed by atoms with E-state index in [0.29, 0.717) is 5.82 Å². The van der Waals surface area contributed by atoms with Gasteiger partial charge < -0.3 is 9.64 Å². The molecule has 1 aromatic rings. The maximum absolute atomic E-state index is 5.35. The highest BCUT2D eigenvalue weighted by atomic mass is 16.5. The minimum absolute atomic E-state index is 0.714. The van der Waals surface area contributed by atoms with Crippen LogP contribution >= 0.6 is 0 Å². The molecule has 0 aromatic carbocycles. The molecule has 2 aliphatic rings. The third-order valence-corrected chi connectivity index (χ3v) is 4.24. The van der Waals surface area contributed by atoms with Crippen LogP contribution in [0.1, 0.15) is 44.9 Å². The van der Waals surface area contributed by atoms with Gasteiger partial charge in [0.25, 0.3) is 0 Å². The molecule has 1 N–H and O–H groups in total. The number of rotatable bonds is 3. The molecular weight excluding hydrogens is 278 g/mol. The molecule has 120 valence electrons. The second-order valence-electron chi connectivity index (χ2n) is 5.93. The monoisotopic (exact) mass is 303 g/mol. The molecule has 1 aliphatic heterocycles. The molecular formula is C16H25N5O. The molecule has 0 radical (unpaired) electrons. The summed E-state index contributed by atoms with van der Waals surface area (Å²) in [6.07, 6.45) is 8.73. The van der Waals surface area contributed by atoms with Gasteiger partial charge in [-0.15, -0.1) is 10.2 Å². The molecule has 0 amide bonds. The zero-order valence-electron chi connectivity index (χ0n) is 13.1. The smallest absolute Gasteiger partial charge is 0.168 e. The van der Waals surface area contributed by atoms with Crippen molar-refractivity contribution in [1.82, 2.24) is 10.2 Å². The van der Waals surface area contributed by atoms with Crippen LogP contribution in [0.4, 0.5) is 11.6 Å². The molecule has 22 heavy (non-hydrogen) atoms. The Balaban J connectivity index is 1.55. The van der Waals surface area contributed by atoms with Crippen molar-refractivity contribution in [3.63, 3.8) is 0 Å². The van der Waals surface area contributed by atoms with Crippen molar-refractivity contribution in [3.05, 3.63) is 12.1 Å². The number of aromatic nitrogens is 2. The molecule has 0 unspecified atom stereocenters. The fourth-order valence-electron chi connectivity index (χ4n) is 2.91. The Morgan fingerprint density at radius 3 is 2.36 bits per heavy atom. The summed E-state index contributed by atoms with van der Waals surface area (Å²) < 4.78 is 5.35.